The lowest BCUT2D eigenvalue weighted by Crippen LogP contribution is -2.26. The van der Waals surface area contributed by atoms with Crippen molar-refractivity contribution in [1.82, 2.24) is 9.55 Å². The molecule has 0 spiro atoms. The summed E-state index contributed by atoms with van der Waals surface area (Å²) in [7, 11) is 3.75. The highest BCUT2D eigenvalue weighted by Gasteiger charge is 2.12. The number of hydrogen-bond acceptors (Lipinski definition) is 4. The molecule has 2 N–H and O–H groups in total. The number of nitrogens with zero attached hydrogens (tertiary/aromatic N) is 3. The van der Waals surface area contributed by atoms with Crippen LogP contribution in [0, 0.1) is 0 Å². The van der Waals surface area contributed by atoms with Crippen LogP contribution in [0.15, 0.2) is 12.4 Å². The van der Waals surface area contributed by atoms with E-state index in [9.17, 15) is 0 Å². The van der Waals surface area contributed by atoms with Gasteiger partial charge in [0.2, 0.25) is 5.95 Å². The van der Waals surface area contributed by atoms with E-state index in [0.717, 1.165) is 18.9 Å². The Morgan fingerprint density at radius 2 is 2.38 bits per heavy atom. The predicted molar refractivity (Wildman–Crippen MR) is 65.8 cm³/mol. The van der Waals surface area contributed by atoms with Crippen molar-refractivity contribution < 1.29 is 4.74 Å². The predicted octanol–water partition coefficient (Wildman–Crippen LogP) is 0.875. The third-order valence-corrected chi connectivity index (χ3v) is 2.57. The summed E-state index contributed by atoms with van der Waals surface area (Å²) >= 11 is 0. The summed E-state index contributed by atoms with van der Waals surface area (Å²) in [6.07, 6.45) is 4.78. The normalized spacial score (nSPS) is 12.8. The zero-order valence-corrected chi connectivity index (χ0v) is 10.4. The molecule has 0 saturated heterocycles. The maximum absolute atomic E-state index is 5.50. The molecule has 92 valence electrons. The maximum atomic E-state index is 5.50. The number of imidazole rings is 1. The molecule has 5 heteroatoms. The van der Waals surface area contributed by atoms with Gasteiger partial charge in [-0.05, 0) is 19.9 Å². The van der Waals surface area contributed by atoms with Crippen LogP contribution in [0.2, 0.25) is 0 Å². The summed E-state index contributed by atoms with van der Waals surface area (Å²) in [6.45, 7) is 4.44. The Hall–Kier alpha value is -1.07. The Labute approximate surface area is 97.2 Å². The third kappa shape index (κ3) is 3.21. The molecule has 0 aliphatic carbocycles. The Morgan fingerprint density at radius 1 is 1.62 bits per heavy atom. The van der Waals surface area contributed by atoms with E-state index in [-0.39, 0.29) is 0 Å². The lowest BCUT2D eigenvalue weighted by atomic mass is 10.3. The first-order chi connectivity index (χ1) is 7.70. The van der Waals surface area contributed by atoms with Crippen molar-refractivity contribution in [3.63, 3.8) is 0 Å². The zero-order valence-electron chi connectivity index (χ0n) is 10.4. The second-order valence-electron chi connectivity index (χ2n) is 4.00. The quantitative estimate of drug-likeness (QED) is 0.749. The van der Waals surface area contributed by atoms with E-state index < -0.39 is 0 Å². The molecule has 0 bridgehead atoms. The van der Waals surface area contributed by atoms with Crippen molar-refractivity contribution in [1.29, 1.82) is 0 Å². The van der Waals surface area contributed by atoms with Crippen LogP contribution in [-0.4, -0.2) is 43.4 Å². The highest BCUT2D eigenvalue weighted by Crippen LogP contribution is 2.16. The van der Waals surface area contributed by atoms with E-state index in [2.05, 4.69) is 21.4 Å². The van der Waals surface area contributed by atoms with E-state index in [4.69, 9.17) is 10.5 Å². The molecule has 0 aliphatic heterocycles. The van der Waals surface area contributed by atoms with Gasteiger partial charge < -0.3 is 19.9 Å². The molecule has 1 heterocycles. The van der Waals surface area contributed by atoms with Crippen LogP contribution in [0.3, 0.4) is 0 Å². The number of anilines is 1. The van der Waals surface area contributed by atoms with E-state index >= 15 is 0 Å². The van der Waals surface area contributed by atoms with Crippen molar-refractivity contribution >= 4 is 5.95 Å². The van der Waals surface area contributed by atoms with Gasteiger partial charge in [0, 0.05) is 33.1 Å². The topological polar surface area (TPSA) is 56.3 Å². The van der Waals surface area contributed by atoms with E-state index in [0.29, 0.717) is 19.2 Å². The monoisotopic (exact) mass is 226 g/mol. The number of aromatic nitrogens is 2. The Morgan fingerprint density at radius 3 is 3.00 bits per heavy atom. The van der Waals surface area contributed by atoms with E-state index in [1.54, 1.807) is 7.11 Å². The minimum Gasteiger partial charge on any atom is -0.383 e. The average molecular weight is 226 g/mol. The first-order valence-electron chi connectivity index (χ1n) is 5.63. The molecule has 5 nitrogen and oxygen atoms in total. The van der Waals surface area contributed by atoms with Gasteiger partial charge in [0.25, 0.3) is 0 Å². The van der Waals surface area contributed by atoms with Gasteiger partial charge in [-0.1, -0.05) is 0 Å². The van der Waals surface area contributed by atoms with Gasteiger partial charge in [-0.25, -0.2) is 4.98 Å². The fourth-order valence-electron chi connectivity index (χ4n) is 1.69. The Bertz CT molecular complexity index is 300. The highest BCUT2D eigenvalue weighted by atomic mass is 16.5. The van der Waals surface area contributed by atoms with Crippen LogP contribution in [0.25, 0.3) is 0 Å². The summed E-state index contributed by atoms with van der Waals surface area (Å²) in [5.41, 5.74) is 5.50. The minimum absolute atomic E-state index is 0.294. The summed E-state index contributed by atoms with van der Waals surface area (Å²) < 4.78 is 7.28. The maximum Gasteiger partial charge on any atom is 0.205 e. The minimum atomic E-state index is 0.294. The number of rotatable bonds is 7. The molecule has 0 saturated carbocycles. The first-order valence-corrected chi connectivity index (χ1v) is 5.63. The Kier molecular flexibility index (Phi) is 5.28. The van der Waals surface area contributed by atoms with Crippen molar-refractivity contribution in [2.45, 2.75) is 19.4 Å². The number of hydrogen-bond donors (Lipinski definition) is 1. The largest absolute Gasteiger partial charge is 0.383 e. The van der Waals surface area contributed by atoms with Gasteiger partial charge in [0.05, 0.1) is 12.6 Å². The summed E-state index contributed by atoms with van der Waals surface area (Å²) in [4.78, 5) is 6.49. The fourth-order valence-corrected chi connectivity index (χ4v) is 1.69. The molecule has 0 aliphatic rings. The molecule has 1 atom stereocenters. The molecule has 0 radical (unpaired) electrons. The molecule has 16 heavy (non-hydrogen) atoms. The molecule has 0 fully saturated rings. The molecule has 1 aromatic heterocycles. The smallest absolute Gasteiger partial charge is 0.205 e. The summed E-state index contributed by atoms with van der Waals surface area (Å²) in [5.74, 6) is 0.970. The average Bonchev–Trinajstić information content (AvgIpc) is 2.75. The molecule has 0 amide bonds. The highest BCUT2D eigenvalue weighted by molar-refractivity contribution is 5.30. The van der Waals surface area contributed by atoms with E-state index in [1.165, 1.54) is 0 Å². The van der Waals surface area contributed by atoms with Crippen molar-refractivity contribution in [3.05, 3.63) is 12.4 Å². The number of methoxy groups -OCH3 is 1. The molecule has 1 aromatic rings. The van der Waals surface area contributed by atoms with Crippen LogP contribution >= 0.6 is 0 Å². The van der Waals surface area contributed by atoms with Gasteiger partial charge in [-0.3, -0.25) is 0 Å². The second-order valence-corrected chi connectivity index (χ2v) is 4.00. The second kappa shape index (κ2) is 6.50. The van der Waals surface area contributed by atoms with E-state index in [1.807, 2.05) is 19.4 Å². The molecular weight excluding hydrogens is 204 g/mol. The van der Waals surface area contributed by atoms with Crippen LogP contribution < -0.4 is 10.6 Å². The number of nitrogens with two attached hydrogens (primary N) is 1. The molecule has 0 aromatic carbocycles. The Balaban J connectivity index is 2.68. The molecule has 1 unspecified atom stereocenters. The fraction of sp³-hybridized carbons (Fsp3) is 0.727. The van der Waals surface area contributed by atoms with Gasteiger partial charge in [0.1, 0.15) is 0 Å². The van der Waals surface area contributed by atoms with Gasteiger partial charge in [0.15, 0.2) is 0 Å². The number of ether oxygens (including phenoxy) is 1. The lowest BCUT2D eigenvalue weighted by Gasteiger charge is -2.22. The SMILES string of the molecule is COCC(C)n1ccnc1N(C)CCCN. The van der Waals surface area contributed by atoms with Crippen molar-refractivity contribution in [3.8, 4) is 0 Å². The van der Waals surface area contributed by atoms with Gasteiger partial charge >= 0.3 is 0 Å². The van der Waals surface area contributed by atoms with Crippen molar-refractivity contribution in [2.75, 3.05) is 38.8 Å². The third-order valence-electron chi connectivity index (χ3n) is 2.57. The standard InChI is InChI=1S/C11H22N4O/c1-10(9-16-3)15-8-6-13-11(15)14(2)7-4-5-12/h6,8,10H,4-5,7,9,12H2,1-3H3. The summed E-state index contributed by atoms with van der Waals surface area (Å²) in [6, 6.07) is 0.294. The van der Waals surface area contributed by atoms with Crippen LogP contribution in [0.4, 0.5) is 5.95 Å². The zero-order chi connectivity index (χ0) is 12.0. The van der Waals surface area contributed by atoms with Gasteiger partial charge in [-0.15, -0.1) is 0 Å². The van der Waals surface area contributed by atoms with Crippen molar-refractivity contribution in [2.24, 2.45) is 5.73 Å². The lowest BCUT2D eigenvalue weighted by molar-refractivity contribution is 0.162. The summed E-state index contributed by atoms with van der Waals surface area (Å²) in [5, 5.41) is 0. The van der Waals surface area contributed by atoms with Crippen LogP contribution in [0.1, 0.15) is 19.4 Å². The van der Waals surface area contributed by atoms with Crippen LogP contribution in [0.5, 0.6) is 0 Å². The molecule has 1 rings (SSSR count). The first kappa shape index (κ1) is 13.0. The van der Waals surface area contributed by atoms with Gasteiger partial charge in [-0.2, -0.15) is 0 Å². The molecular formula is C11H22N4O. The van der Waals surface area contributed by atoms with Crippen LogP contribution in [-0.2, 0) is 4.74 Å².